The summed E-state index contributed by atoms with van der Waals surface area (Å²) in [5.41, 5.74) is 0.300. The van der Waals surface area contributed by atoms with Crippen molar-refractivity contribution in [3.8, 4) is 0 Å². The fourth-order valence-electron chi connectivity index (χ4n) is 0.918. The minimum atomic E-state index is -0.524. The van der Waals surface area contributed by atoms with Gasteiger partial charge < -0.3 is 9.53 Å². The van der Waals surface area contributed by atoms with Crippen molar-refractivity contribution in [2.24, 2.45) is 0 Å². The summed E-state index contributed by atoms with van der Waals surface area (Å²) in [6, 6.07) is 6.06. The van der Waals surface area contributed by atoms with Gasteiger partial charge in [0.05, 0.1) is 17.1 Å². The molecule has 0 amide bonds. The number of rotatable bonds is 4. The number of nitro groups is 1. The van der Waals surface area contributed by atoms with E-state index in [0.29, 0.717) is 5.56 Å². The third-order valence-electron chi connectivity index (χ3n) is 1.47. The third kappa shape index (κ3) is 3.45. The van der Waals surface area contributed by atoms with Crippen LogP contribution in [0.25, 0.3) is 0 Å². The smallest absolute Gasteiger partial charge is 0.649 e. The van der Waals surface area contributed by atoms with Crippen LogP contribution in [0, 0.1) is 10.1 Å². The third-order valence-corrected chi connectivity index (χ3v) is 1.47. The molecule has 0 atom stereocenters. The van der Waals surface area contributed by atoms with Gasteiger partial charge in [0.2, 0.25) is 0 Å². The van der Waals surface area contributed by atoms with E-state index in [2.05, 4.69) is 4.74 Å². The molecule has 0 saturated heterocycles. The van der Waals surface area contributed by atoms with Gasteiger partial charge in [-0.15, -0.1) is 0 Å². The average molecular weight is 203 g/mol. The van der Waals surface area contributed by atoms with E-state index < -0.39 is 4.92 Å². The van der Waals surface area contributed by atoms with E-state index in [1.165, 1.54) is 18.6 Å². The molecule has 0 aromatic heterocycles. The molecule has 0 fully saturated rings. The largest absolute Gasteiger partial charge is 1.00 e. The summed E-state index contributed by atoms with van der Waals surface area (Å²) in [6.07, 6.45) is 0. The number of nitro benzene ring substituents is 1. The zero-order valence-corrected chi connectivity index (χ0v) is 9.60. The Bertz CT molecular complexity index is 329. The quantitative estimate of drug-likeness (QED) is 0.250. The van der Waals surface area contributed by atoms with Crippen molar-refractivity contribution >= 4 is 12.2 Å². The minimum absolute atomic E-state index is 0. The fourth-order valence-corrected chi connectivity index (χ4v) is 0.918. The molecule has 5 nitrogen and oxygen atoms in total. The van der Waals surface area contributed by atoms with Crippen molar-refractivity contribution < 1.29 is 44.0 Å². The van der Waals surface area contributed by atoms with Crippen LogP contribution < -0.4 is 29.6 Å². The summed E-state index contributed by atoms with van der Waals surface area (Å²) in [5, 5.41) is 10.4. The second kappa shape index (κ2) is 6.53. The number of hydrogen-bond acceptors (Lipinski definition) is 4. The number of carbonyl (C=O) groups excluding carboxylic acids is 1. The number of nitrogens with zero attached hydrogens (tertiary/aromatic N) is 1. The Morgan fingerprint density at radius 1 is 1.43 bits per heavy atom. The predicted molar refractivity (Wildman–Crippen MR) is 43.6 cm³/mol. The van der Waals surface area contributed by atoms with Gasteiger partial charge in [-0.2, -0.15) is 0 Å². The Hall–Kier alpha value is -0.910. The zero-order chi connectivity index (χ0) is 9.68. The fraction of sp³-hybridized carbons (Fsp3) is 0.125. The maximum atomic E-state index is 10.4. The Balaban J connectivity index is 0.00000169. The van der Waals surface area contributed by atoms with Crippen LogP contribution in [0.1, 0.15) is 5.56 Å². The Morgan fingerprint density at radius 3 is 2.64 bits per heavy atom. The van der Waals surface area contributed by atoms with Gasteiger partial charge in [-0.25, -0.2) is 0 Å². The van der Waals surface area contributed by atoms with E-state index in [-0.39, 0.29) is 41.9 Å². The van der Waals surface area contributed by atoms with Gasteiger partial charge in [-0.1, -0.05) is 18.6 Å². The van der Waals surface area contributed by atoms with Crippen LogP contribution >= 0.6 is 0 Å². The normalized spacial score (nSPS) is 8.57. The first kappa shape index (κ1) is 13.1. The molecule has 68 valence electrons. The van der Waals surface area contributed by atoms with Crippen LogP contribution in [0.15, 0.2) is 24.3 Å². The second-order valence-electron chi connectivity index (χ2n) is 2.26. The van der Waals surface area contributed by atoms with E-state index in [1.54, 1.807) is 12.1 Å². The van der Waals surface area contributed by atoms with Gasteiger partial charge in [0, 0.05) is 6.07 Å². The van der Waals surface area contributed by atoms with E-state index in [0.717, 1.165) is 0 Å². The summed E-state index contributed by atoms with van der Waals surface area (Å²) in [4.78, 5) is 19.7. The molecule has 6 heteroatoms. The maximum Gasteiger partial charge on any atom is 1.00 e. The number of hydrogen-bond donors (Lipinski definition) is 0. The monoisotopic (exact) mass is 203 g/mol. The molecule has 0 bridgehead atoms. The van der Waals surface area contributed by atoms with Crippen molar-refractivity contribution in [3.05, 3.63) is 39.9 Å². The van der Waals surface area contributed by atoms with Crippen molar-refractivity contribution in [1.29, 1.82) is 0 Å². The van der Waals surface area contributed by atoms with Gasteiger partial charge >= 0.3 is 29.6 Å². The molecule has 0 aliphatic rings. The topological polar surface area (TPSA) is 69.4 Å². The van der Waals surface area contributed by atoms with Crippen LogP contribution in [0.2, 0.25) is 0 Å². The second-order valence-corrected chi connectivity index (χ2v) is 2.26. The molecule has 0 heterocycles. The first-order valence-electron chi connectivity index (χ1n) is 3.47. The average Bonchev–Trinajstić information content (AvgIpc) is 2.15. The molecule has 0 N–H and O–H groups in total. The Labute approximate surface area is 103 Å². The zero-order valence-electron chi connectivity index (χ0n) is 7.60. The van der Waals surface area contributed by atoms with Crippen LogP contribution in [0.3, 0.4) is 0 Å². The van der Waals surface area contributed by atoms with Crippen molar-refractivity contribution in [1.82, 2.24) is 0 Å². The molecule has 0 aliphatic carbocycles. The van der Waals surface area contributed by atoms with E-state index in [1.807, 2.05) is 0 Å². The first-order chi connectivity index (χ1) is 6.25. The minimum Gasteiger partial charge on any atom is -0.649 e. The first-order valence-corrected chi connectivity index (χ1v) is 3.47. The Morgan fingerprint density at radius 2 is 2.07 bits per heavy atom. The summed E-state index contributed by atoms with van der Waals surface area (Å²) in [6.45, 7) is 1.09. The van der Waals surface area contributed by atoms with E-state index in [4.69, 9.17) is 0 Å². The van der Waals surface area contributed by atoms with Gasteiger partial charge in [-0.3, -0.25) is 10.1 Å². The standard InChI is InChI=1S/C8H6NO4.Na/c10-6-13-5-7-3-1-2-4-8(7)9(11)12;/h1-4H,5H2;/q-1;+1. The van der Waals surface area contributed by atoms with E-state index in [9.17, 15) is 14.9 Å². The molecule has 0 aliphatic heterocycles. The number of benzene rings is 1. The molecular formula is C8H6NNaO4. The van der Waals surface area contributed by atoms with Gasteiger partial charge in [-0.05, 0) is 6.07 Å². The molecule has 0 saturated carbocycles. The summed E-state index contributed by atoms with van der Waals surface area (Å²) >= 11 is 0. The molecule has 14 heavy (non-hydrogen) atoms. The summed E-state index contributed by atoms with van der Waals surface area (Å²) in [7, 11) is 0. The van der Waals surface area contributed by atoms with Crippen LogP contribution in [-0.2, 0) is 16.1 Å². The Kier molecular flexibility index (Phi) is 6.11. The molecule has 1 aromatic carbocycles. The number of para-hydroxylation sites is 1. The maximum absolute atomic E-state index is 10.4. The number of ether oxygens (including phenoxy) is 1. The predicted octanol–water partition coefficient (Wildman–Crippen LogP) is -1.82. The molecule has 0 radical (unpaired) electrons. The van der Waals surface area contributed by atoms with Crippen LogP contribution in [0.4, 0.5) is 5.69 Å². The van der Waals surface area contributed by atoms with E-state index >= 15 is 0 Å². The van der Waals surface area contributed by atoms with Crippen molar-refractivity contribution in [2.45, 2.75) is 6.61 Å². The summed E-state index contributed by atoms with van der Waals surface area (Å²) < 4.78 is 4.30. The molecule has 1 rings (SSSR count). The van der Waals surface area contributed by atoms with Gasteiger partial charge in [0.1, 0.15) is 0 Å². The SMILES string of the molecule is O=[C-]OCc1ccccc1[N+](=O)[O-].[Na+]. The van der Waals surface area contributed by atoms with Crippen LogP contribution in [-0.4, -0.2) is 11.4 Å². The van der Waals surface area contributed by atoms with Gasteiger partial charge in [0.15, 0.2) is 0 Å². The van der Waals surface area contributed by atoms with Crippen molar-refractivity contribution in [2.75, 3.05) is 0 Å². The van der Waals surface area contributed by atoms with Crippen molar-refractivity contribution in [3.63, 3.8) is 0 Å². The van der Waals surface area contributed by atoms with Gasteiger partial charge in [0.25, 0.3) is 5.69 Å². The molecular weight excluding hydrogens is 197 g/mol. The summed E-state index contributed by atoms with van der Waals surface area (Å²) in [5.74, 6) is 0. The molecule has 0 unspecified atom stereocenters. The molecule has 0 spiro atoms. The van der Waals surface area contributed by atoms with Crippen LogP contribution in [0.5, 0.6) is 0 Å². The molecule has 1 aromatic rings.